The van der Waals surface area contributed by atoms with Crippen LogP contribution in [-0.4, -0.2) is 22.7 Å². The first-order valence-corrected chi connectivity index (χ1v) is 9.14. The first-order chi connectivity index (χ1) is 11.1. The molecule has 0 saturated carbocycles. The molecule has 0 aliphatic heterocycles. The number of hydrogen-bond donors (Lipinski definition) is 0. The molecule has 0 N–H and O–H groups in total. The van der Waals surface area contributed by atoms with Crippen LogP contribution in [-0.2, 0) is 4.90 Å². The summed E-state index contributed by atoms with van der Waals surface area (Å²) in [5, 5.41) is 0. The number of benzene rings is 1. The van der Waals surface area contributed by atoms with E-state index in [0.717, 1.165) is 28.2 Å². The van der Waals surface area contributed by atoms with Gasteiger partial charge in [-0.1, -0.05) is 18.2 Å². The molecule has 1 aromatic carbocycles. The Morgan fingerprint density at radius 2 is 1.62 bits per heavy atom. The summed E-state index contributed by atoms with van der Waals surface area (Å²) >= 11 is 0. The maximum atomic E-state index is 5.89. The highest BCUT2D eigenvalue weighted by Gasteiger charge is 2.20. The van der Waals surface area contributed by atoms with Crippen LogP contribution < -0.4 is 4.74 Å². The second-order valence-corrected chi connectivity index (χ2v) is 10.4. The van der Waals surface area contributed by atoms with Gasteiger partial charge in [0.15, 0.2) is 7.85 Å². The molecule has 2 atom stereocenters. The molecule has 24 heavy (non-hydrogen) atoms. The molecule has 0 radical (unpaired) electrons. The number of rotatable bonds is 4. The van der Waals surface area contributed by atoms with Gasteiger partial charge in [-0.05, 0) is 50.1 Å². The first kappa shape index (κ1) is 17.5. The largest absolute Gasteiger partial charge is 0.497 e. The van der Waals surface area contributed by atoms with Gasteiger partial charge in [0.05, 0.1) is 22.1 Å². The number of imidazole rings is 1. The summed E-state index contributed by atoms with van der Waals surface area (Å²) in [6.07, 6.45) is 4.05. The highest BCUT2D eigenvalue weighted by atomic mass is 31.1. The van der Waals surface area contributed by atoms with Crippen molar-refractivity contribution in [2.75, 3.05) is 0 Å². The van der Waals surface area contributed by atoms with Crippen LogP contribution in [0.25, 0.3) is 16.6 Å². The molecule has 6 heteroatoms. The number of hydrogen-bond acceptors (Lipinski definition) is 2. The second kappa shape index (κ2) is 6.17. The first-order valence-electron chi connectivity index (χ1n) is 7.98. The molecule has 3 nitrogen and oxygen atoms in total. The highest BCUT2D eigenvalue weighted by Crippen LogP contribution is 2.37. The molecule has 0 aliphatic carbocycles. The standard InChI is InChI=1S/C18H23BN2OP2/c1-17(2,19)22-15-8-5-12(6-9-15)13-4-7-14-10-20-16(18(3,23)24)21(14)11-13/h4-11H,19,23-24H2,1-3H3. The summed E-state index contributed by atoms with van der Waals surface area (Å²) in [5.74, 6) is 1.89. The van der Waals surface area contributed by atoms with E-state index in [4.69, 9.17) is 4.74 Å². The predicted octanol–water partition coefficient (Wildman–Crippen LogP) is 3.67. The van der Waals surface area contributed by atoms with E-state index in [2.05, 4.69) is 86.9 Å². The smallest absolute Gasteiger partial charge is 0.158 e. The van der Waals surface area contributed by atoms with E-state index in [0.29, 0.717) is 0 Å². The topological polar surface area (TPSA) is 26.5 Å². The lowest BCUT2D eigenvalue weighted by molar-refractivity contribution is 0.198. The van der Waals surface area contributed by atoms with E-state index in [9.17, 15) is 0 Å². The normalized spacial score (nSPS) is 12.5. The van der Waals surface area contributed by atoms with Gasteiger partial charge in [-0.15, -0.1) is 18.5 Å². The van der Waals surface area contributed by atoms with Gasteiger partial charge in [0.1, 0.15) is 11.6 Å². The van der Waals surface area contributed by atoms with E-state index in [1.165, 1.54) is 0 Å². The Morgan fingerprint density at radius 3 is 2.21 bits per heavy atom. The third-order valence-electron chi connectivity index (χ3n) is 3.62. The minimum Gasteiger partial charge on any atom is -0.497 e. The summed E-state index contributed by atoms with van der Waals surface area (Å²) < 4.78 is 8.04. The van der Waals surface area contributed by atoms with Gasteiger partial charge in [0, 0.05) is 6.20 Å². The molecule has 3 rings (SSSR count). The van der Waals surface area contributed by atoms with E-state index in [1.54, 1.807) is 0 Å². The summed E-state index contributed by atoms with van der Waals surface area (Å²) in [7, 11) is 7.70. The van der Waals surface area contributed by atoms with Crippen LogP contribution in [0.4, 0.5) is 0 Å². The average Bonchev–Trinajstić information content (AvgIpc) is 2.89. The molecule has 3 aromatic rings. The lowest BCUT2D eigenvalue weighted by Crippen LogP contribution is -2.27. The third-order valence-corrected chi connectivity index (χ3v) is 4.14. The summed E-state index contributed by atoms with van der Waals surface area (Å²) in [6, 6.07) is 12.5. The van der Waals surface area contributed by atoms with Crippen molar-refractivity contribution in [3.63, 3.8) is 0 Å². The minimum absolute atomic E-state index is 0.157. The molecule has 0 fully saturated rings. The molecule has 0 spiro atoms. The summed E-state index contributed by atoms with van der Waals surface area (Å²) in [5.41, 5.74) is 3.22. The average molecular weight is 356 g/mol. The Bertz CT molecular complexity index is 861. The van der Waals surface area contributed by atoms with Crippen LogP contribution >= 0.6 is 18.5 Å². The number of pyridine rings is 1. The number of nitrogens with zero attached hydrogens (tertiary/aromatic N) is 2. The fourth-order valence-corrected chi connectivity index (χ4v) is 3.06. The zero-order valence-electron chi connectivity index (χ0n) is 14.6. The van der Waals surface area contributed by atoms with Crippen molar-refractivity contribution in [1.82, 2.24) is 9.38 Å². The zero-order chi connectivity index (χ0) is 17.5. The Hall–Kier alpha value is -1.37. The lowest BCUT2D eigenvalue weighted by Gasteiger charge is -2.21. The molecular weight excluding hydrogens is 333 g/mol. The lowest BCUT2D eigenvalue weighted by atomic mass is 9.86. The highest BCUT2D eigenvalue weighted by molar-refractivity contribution is 7.38. The van der Waals surface area contributed by atoms with Crippen molar-refractivity contribution in [1.29, 1.82) is 0 Å². The Morgan fingerprint density at radius 1 is 1.00 bits per heavy atom. The van der Waals surface area contributed by atoms with E-state index >= 15 is 0 Å². The molecule has 2 unspecified atom stereocenters. The van der Waals surface area contributed by atoms with E-state index in [-0.39, 0.29) is 10.4 Å². The van der Waals surface area contributed by atoms with Gasteiger partial charge in [0.25, 0.3) is 0 Å². The molecule has 124 valence electrons. The van der Waals surface area contributed by atoms with Crippen LogP contribution in [0, 0.1) is 0 Å². The van der Waals surface area contributed by atoms with Crippen molar-refractivity contribution in [2.45, 2.75) is 31.2 Å². The van der Waals surface area contributed by atoms with Crippen LogP contribution in [0.1, 0.15) is 26.6 Å². The second-order valence-electron chi connectivity index (χ2n) is 7.32. The fraction of sp³-hybridized carbons (Fsp3) is 0.278. The summed E-state index contributed by atoms with van der Waals surface area (Å²) in [6.45, 7) is 6.22. The van der Waals surface area contributed by atoms with Gasteiger partial charge in [-0.3, -0.25) is 0 Å². The van der Waals surface area contributed by atoms with Crippen molar-refractivity contribution in [3.8, 4) is 16.9 Å². The quantitative estimate of drug-likeness (QED) is 0.527. The van der Waals surface area contributed by atoms with Gasteiger partial charge in [0.2, 0.25) is 0 Å². The van der Waals surface area contributed by atoms with Gasteiger partial charge in [-0.2, -0.15) is 0 Å². The molecule has 0 saturated heterocycles. The molecule has 0 bridgehead atoms. The molecule has 2 aromatic heterocycles. The van der Waals surface area contributed by atoms with Gasteiger partial charge < -0.3 is 9.14 Å². The Kier molecular flexibility index (Phi) is 4.49. The van der Waals surface area contributed by atoms with E-state index < -0.39 is 0 Å². The third kappa shape index (κ3) is 3.82. The van der Waals surface area contributed by atoms with Crippen LogP contribution in [0.5, 0.6) is 5.75 Å². The maximum Gasteiger partial charge on any atom is 0.158 e. The van der Waals surface area contributed by atoms with Crippen LogP contribution in [0.2, 0.25) is 0 Å². The maximum absolute atomic E-state index is 5.89. The molecular formula is C18H23BN2OP2. The van der Waals surface area contributed by atoms with Crippen molar-refractivity contribution >= 4 is 31.8 Å². The van der Waals surface area contributed by atoms with Gasteiger partial charge >= 0.3 is 0 Å². The minimum atomic E-state index is -0.186. The van der Waals surface area contributed by atoms with Crippen LogP contribution in [0.15, 0.2) is 48.8 Å². The Balaban J connectivity index is 1.97. The number of aromatic nitrogens is 2. The van der Waals surface area contributed by atoms with Gasteiger partial charge in [-0.25, -0.2) is 4.98 Å². The predicted molar refractivity (Wildman–Crippen MR) is 111 cm³/mol. The number of ether oxygens (including phenoxy) is 1. The number of fused-ring (bicyclic) bond motifs is 1. The monoisotopic (exact) mass is 356 g/mol. The fourth-order valence-electron chi connectivity index (χ4n) is 2.63. The molecule has 0 amide bonds. The van der Waals surface area contributed by atoms with Crippen LogP contribution in [0.3, 0.4) is 0 Å². The van der Waals surface area contributed by atoms with E-state index in [1.807, 2.05) is 18.3 Å². The Labute approximate surface area is 149 Å². The summed E-state index contributed by atoms with van der Waals surface area (Å²) in [4.78, 5) is 4.40. The van der Waals surface area contributed by atoms with Crippen molar-refractivity contribution in [3.05, 3.63) is 54.6 Å². The molecule has 0 aliphatic rings. The molecule has 2 heterocycles. The van der Waals surface area contributed by atoms with Crippen molar-refractivity contribution in [2.24, 2.45) is 0 Å². The SMILES string of the molecule is BC(C)(C)Oc1ccc(-c2ccc3cnc(C(C)(P)P)n3c2)cc1. The zero-order valence-corrected chi connectivity index (χ0v) is 16.9. The van der Waals surface area contributed by atoms with Crippen molar-refractivity contribution < 1.29 is 4.74 Å².